The molecule has 2 rings (SSSR count). The van der Waals surface area contributed by atoms with Gasteiger partial charge in [0, 0.05) is 24.3 Å². The van der Waals surface area contributed by atoms with E-state index >= 15 is 0 Å². The van der Waals surface area contributed by atoms with Gasteiger partial charge in [-0.2, -0.15) is 5.10 Å². The average molecular weight is 222 g/mol. The Morgan fingerprint density at radius 1 is 1.47 bits per heavy atom. The fourth-order valence-corrected chi connectivity index (χ4v) is 2.10. The van der Waals surface area contributed by atoms with Crippen LogP contribution in [0.3, 0.4) is 0 Å². The van der Waals surface area contributed by atoms with Gasteiger partial charge >= 0.3 is 0 Å². The summed E-state index contributed by atoms with van der Waals surface area (Å²) in [6.07, 6.45) is 6.73. The Kier molecular flexibility index (Phi) is 3.01. The van der Waals surface area contributed by atoms with E-state index in [0.717, 1.165) is 18.7 Å². The maximum absolute atomic E-state index is 4.31. The number of aryl methyl sites for hydroxylation is 2. The van der Waals surface area contributed by atoms with Gasteiger partial charge in [0.1, 0.15) is 0 Å². The van der Waals surface area contributed by atoms with Crippen LogP contribution in [0.4, 0.5) is 5.69 Å². The summed E-state index contributed by atoms with van der Waals surface area (Å²) < 4.78 is 1.78. The fourth-order valence-electron chi connectivity index (χ4n) is 1.29. The molecular weight excluding hydrogens is 208 g/mol. The van der Waals surface area contributed by atoms with Crippen molar-refractivity contribution in [2.75, 3.05) is 5.32 Å². The molecule has 0 aliphatic heterocycles. The lowest BCUT2D eigenvalue weighted by molar-refractivity contribution is 0.768. The molecule has 0 radical (unpaired) electrons. The van der Waals surface area contributed by atoms with Crippen LogP contribution in [0.5, 0.6) is 0 Å². The van der Waals surface area contributed by atoms with Crippen LogP contribution in [-0.2, 0) is 20.0 Å². The van der Waals surface area contributed by atoms with Crippen LogP contribution >= 0.6 is 11.3 Å². The molecule has 0 saturated carbocycles. The Labute approximate surface area is 93.0 Å². The Balaban J connectivity index is 1.93. The summed E-state index contributed by atoms with van der Waals surface area (Å²) in [5.41, 5.74) is 1.05. The second-order valence-electron chi connectivity index (χ2n) is 3.33. The van der Waals surface area contributed by atoms with Crippen molar-refractivity contribution in [3.63, 3.8) is 0 Å². The molecule has 0 aromatic carbocycles. The highest BCUT2D eigenvalue weighted by Crippen LogP contribution is 2.15. The number of nitrogens with zero attached hydrogens (tertiary/aromatic N) is 3. The Bertz CT molecular complexity index is 432. The molecule has 0 amide bonds. The summed E-state index contributed by atoms with van der Waals surface area (Å²) in [4.78, 5) is 5.57. The zero-order valence-corrected chi connectivity index (χ0v) is 9.71. The van der Waals surface area contributed by atoms with Crippen molar-refractivity contribution in [2.45, 2.75) is 19.9 Å². The van der Waals surface area contributed by atoms with Gasteiger partial charge in [0.15, 0.2) is 0 Å². The van der Waals surface area contributed by atoms with Gasteiger partial charge in [0.05, 0.1) is 23.4 Å². The molecule has 0 aliphatic rings. The van der Waals surface area contributed by atoms with E-state index in [4.69, 9.17) is 0 Å². The second-order valence-corrected chi connectivity index (χ2v) is 4.53. The van der Waals surface area contributed by atoms with Gasteiger partial charge in [-0.1, -0.05) is 6.92 Å². The number of hydrogen-bond donors (Lipinski definition) is 1. The number of nitrogens with one attached hydrogen (secondary N) is 1. The van der Waals surface area contributed by atoms with Crippen molar-refractivity contribution >= 4 is 17.0 Å². The van der Waals surface area contributed by atoms with Crippen molar-refractivity contribution in [1.82, 2.24) is 14.8 Å². The Morgan fingerprint density at radius 2 is 2.33 bits per heavy atom. The van der Waals surface area contributed by atoms with Gasteiger partial charge in [0.2, 0.25) is 0 Å². The van der Waals surface area contributed by atoms with E-state index in [-0.39, 0.29) is 0 Å². The molecule has 15 heavy (non-hydrogen) atoms. The van der Waals surface area contributed by atoms with Crippen LogP contribution in [-0.4, -0.2) is 14.8 Å². The van der Waals surface area contributed by atoms with Crippen LogP contribution < -0.4 is 5.32 Å². The van der Waals surface area contributed by atoms with E-state index in [1.165, 1.54) is 9.88 Å². The van der Waals surface area contributed by atoms with Crippen molar-refractivity contribution in [3.8, 4) is 0 Å². The van der Waals surface area contributed by atoms with Crippen LogP contribution in [0.25, 0.3) is 0 Å². The lowest BCUT2D eigenvalue weighted by Crippen LogP contribution is -1.95. The summed E-state index contributed by atoms with van der Waals surface area (Å²) >= 11 is 1.76. The zero-order chi connectivity index (χ0) is 10.7. The average Bonchev–Trinajstić information content (AvgIpc) is 2.83. The molecule has 0 spiro atoms. The number of hydrogen-bond acceptors (Lipinski definition) is 4. The van der Waals surface area contributed by atoms with E-state index in [0.29, 0.717) is 0 Å². The van der Waals surface area contributed by atoms with Crippen LogP contribution in [0.1, 0.15) is 16.8 Å². The summed E-state index contributed by atoms with van der Waals surface area (Å²) in [7, 11) is 1.91. The quantitative estimate of drug-likeness (QED) is 0.861. The first-order chi connectivity index (χ1) is 7.28. The third kappa shape index (κ3) is 2.56. The molecule has 2 aromatic rings. The first kappa shape index (κ1) is 10.2. The van der Waals surface area contributed by atoms with E-state index in [9.17, 15) is 0 Å². The first-order valence-electron chi connectivity index (χ1n) is 4.94. The van der Waals surface area contributed by atoms with Crippen LogP contribution in [0.15, 0.2) is 18.6 Å². The molecule has 0 aliphatic carbocycles. The molecule has 80 valence electrons. The molecule has 4 nitrogen and oxygen atoms in total. The molecule has 0 saturated heterocycles. The lowest BCUT2D eigenvalue weighted by atomic mass is 10.5. The Hall–Kier alpha value is -1.36. The standard InChI is InChI=1S/C10H14N4S/c1-3-10-12-6-9(15-10)5-11-8-4-13-14(2)7-8/h4,6-7,11H,3,5H2,1-2H3. The molecular formula is C10H14N4S. The highest BCUT2D eigenvalue weighted by molar-refractivity contribution is 7.11. The van der Waals surface area contributed by atoms with Gasteiger partial charge in [-0.05, 0) is 6.42 Å². The Morgan fingerprint density at radius 3 is 2.93 bits per heavy atom. The van der Waals surface area contributed by atoms with Crippen LogP contribution in [0, 0.1) is 0 Å². The molecule has 0 bridgehead atoms. The summed E-state index contributed by atoms with van der Waals surface area (Å²) in [5, 5.41) is 8.59. The number of thiazole rings is 1. The van der Waals surface area contributed by atoms with Gasteiger partial charge in [-0.25, -0.2) is 4.98 Å². The van der Waals surface area contributed by atoms with E-state index in [1.54, 1.807) is 16.0 Å². The van der Waals surface area contributed by atoms with Crippen molar-refractivity contribution < 1.29 is 0 Å². The van der Waals surface area contributed by atoms with Gasteiger partial charge < -0.3 is 5.32 Å². The largest absolute Gasteiger partial charge is 0.378 e. The number of anilines is 1. The molecule has 0 fully saturated rings. The van der Waals surface area contributed by atoms with E-state index in [2.05, 4.69) is 22.3 Å². The summed E-state index contributed by atoms with van der Waals surface area (Å²) in [6.45, 7) is 2.94. The van der Waals surface area contributed by atoms with Crippen molar-refractivity contribution in [3.05, 3.63) is 28.5 Å². The zero-order valence-electron chi connectivity index (χ0n) is 8.90. The minimum Gasteiger partial charge on any atom is -0.378 e. The normalized spacial score (nSPS) is 10.5. The number of rotatable bonds is 4. The monoisotopic (exact) mass is 222 g/mol. The highest BCUT2D eigenvalue weighted by Gasteiger charge is 2.00. The molecule has 5 heteroatoms. The highest BCUT2D eigenvalue weighted by atomic mass is 32.1. The van der Waals surface area contributed by atoms with Gasteiger partial charge in [-0.15, -0.1) is 11.3 Å². The minimum absolute atomic E-state index is 0.823. The molecule has 0 atom stereocenters. The van der Waals surface area contributed by atoms with Crippen LogP contribution in [0.2, 0.25) is 0 Å². The molecule has 2 heterocycles. The van der Waals surface area contributed by atoms with Crippen molar-refractivity contribution in [2.24, 2.45) is 7.05 Å². The maximum Gasteiger partial charge on any atom is 0.0925 e. The van der Waals surface area contributed by atoms with E-state index in [1.807, 2.05) is 25.6 Å². The molecule has 2 aromatic heterocycles. The van der Waals surface area contributed by atoms with Crippen molar-refractivity contribution in [1.29, 1.82) is 0 Å². The topological polar surface area (TPSA) is 42.7 Å². The van der Waals surface area contributed by atoms with Gasteiger partial charge in [0.25, 0.3) is 0 Å². The summed E-state index contributed by atoms with van der Waals surface area (Å²) in [5.74, 6) is 0. The first-order valence-corrected chi connectivity index (χ1v) is 5.75. The predicted octanol–water partition coefficient (Wildman–Crippen LogP) is 2.05. The number of aromatic nitrogens is 3. The van der Waals surface area contributed by atoms with Gasteiger partial charge in [-0.3, -0.25) is 4.68 Å². The van der Waals surface area contributed by atoms with E-state index < -0.39 is 0 Å². The molecule has 1 N–H and O–H groups in total. The lowest BCUT2D eigenvalue weighted by Gasteiger charge is -1.98. The SMILES string of the molecule is CCc1ncc(CNc2cnn(C)c2)s1. The second kappa shape index (κ2) is 4.44. The minimum atomic E-state index is 0.823. The summed E-state index contributed by atoms with van der Waals surface area (Å²) in [6, 6.07) is 0. The fraction of sp³-hybridized carbons (Fsp3) is 0.400. The predicted molar refractivity (Wildman–Crippen MR) is 62.0 cm³/mol. The smallest absolute Gasteiger partial charge is 0.0925 e. The maximum atomic E-state index is 4.31. The molecule has 0 unspecified atom stereocenters. The third-order valence-corrected chi connectivity index (χ3v) is 3.22. The third-order valence-electron chi connectivity index (χ3n) is 2.08.